The van der Waals surface area contributed by atoms with E-state index in [2.05, 4.69) is 38.2 Å². The molecule has 1 unspecified atom stereocenters. The van der Waals surface area contributed by atoms with Gasteiger partial charge in [-0.3, -0.25) is 0 Å². The Hall–Kier alpha value is -0.870. The summed E-state index contributed by atoms with van der Waals surface area (Å²) in [5.74, 6) is 0.181. The van der Waals surface area contributed by atoms with Crippen LogP contribution >= 0.6 is 0 Å². The number of benzene rings is 1. The van der Waals surface area contributed by atoms with E-state index in [0.717, 1.165) is 6.42 Å². The van der Waals surface area contributed by atoms with E-state index in [9.17, 15) is 8.42 Å². The second kappa shape index (κ2) is 6.53. The van der Waals surface area contributed by atoms with Crippen LogP contribution in [0.1, 0.15) is 38.8 Å². The molecule has 1 N–H and O–H groups in total. The van der Waals surface area contributed by atoms with Crippen molar-refractivity contribution in [1.82, 2.24) is 5.32 Å². The Balaban J connectivity index is 2.71. The Morgan fingerprint density at radius 3 is 2.21 bits per heavy atom. The second-order valence-corrected chi connectivity index (χ2v) is 8.57. The zero-order valence-electron chi connectivity index (χ0n) is 12.3. The summed E-state index contributed by atoms with van der Waals surface area (Å²) in [4.78, 5) is 0. The van der Waals surface area contributed by atoms with Gasteiger partial charge in [0, 0.05) is 18.8 Å². The van der Waals surface area contributed by atoms with E-state index < -0.39 is 9.84 Å². The highest BCUT2D eigenvalue weighted by atomic mass is 32.2. The van der Waals surface area contributed by atoms with Crippen LogP contribution in [0.3, 0.4) is 0 Å². The molecule has 1 atom stereocenters. The first kappa shape index (κ1) is 16.2. The monoisotopic (exact) mass is 283 g/mol. The van der Waals surface area contributed by atoms with Crippen LogP contribution in [0.15, 0.2) is 30.3 Å². The van der Waals surface area contributed by atoms with Gasteiger partial charge in [-0.15, -0.1) is 0 Å². The summed E-state index contributed by atoms with van der Waals surface area (Å²) < 4.78 is 22.4. The fraction of sp³-hybridized carbons (Fsp3) is 0.600. The van der Waals surface area contributed by atoms with E-state index in [1.165, 1.54) is 11.8 Å². The lowest BCUT2D eigenvalue weighted by Gasteiger charge is -2.27. The van der Waals surface area contributed by atoms with Crippen molar-refractivity contribution in [3.05, 3.63) is 35.9 Å². The first-order valence-corrected chi connectivity index (χ1v) is 8.69. The molecule has 0 spiro atoms. The fourth-order valence-electron chi connectivity index (χ4n) is 2.02. The van der Waals surface area contributed by atoms with E-state index in [0.29, 0.717) is 6.54 Å². The summed E-state index contributed by atoms with van der Waals surface area (Å²) in [7, 11) is -2.91. The minimum absolute atomic E-state index is 0.181. The maximum absolute atomic E-state index is 11.2. The van der Waals surface area contributed by atoms with Crippen molar-refractivity contribution in [2.75, 3.05) is 18.6 Å². The molecule has 1 rings (SSSR count). The Bertz CT molecular complexity index is 475. The normalized spacial score (nSPS) is 14.3. The van der Waals surface area contributed by atoms with Crippen LogP contribution < -0.4 is 5.32 Å². The summed E-state index contributed by atoms with van der Waals surface area (Å²) in [5.41, 5.74) is 1.41. The quantitative estimate of drug-likeness (QED) is 0.873. The Labute approximate surface area is 117 Å². The zero-order valence-corrected chi connectivity index (χ0v) is 13.1. The summed E-state index contributed by atoms with van der Waals surface area (Å²) in [6.07, 6.45) is 2.25. The number of sulfone groups is 1. The molecule has 0 aliphatic rings. The summed E-state index contributed by atoms with van der Waals surface area (Å²) in [6.45, 7) is 7.08. The SMILES string of the molecule is CC(C)(C)CC(NCCS(C)(=O)=O)c1ccccc1. The summed E-state index contributed by atoms with van der Waals surface area (Å²) in [5, 5.41) is 3.37. The molecule has 0 radical (unpaired) electrons. The zero-order chi connectivity index (χ0) is 14.5. The molecule has 4 heteroatoms. The lowest BCUT2D eigenvalue weighted by Crippen LogP contribution is -2.29. The van der Waals surface area contributed by atoms with Crippen molar-refractivity contribution >= 4 is 9.84 Å². The van der Waals surface area contributed by atoms with Gasteiger partial charge < -0.3 is 5.32 Å². The standard InChI is InChI=1S/C15H25NO2S/c1-15(2,3)12-14(13-8-6-5-7-9-13)16-10-11-19(4,17)18/h5-9,14,16H,10-12H2,1-4H3. The van der Waals surface area contributed by atoms with Gasteiger partial charge in [0.15, 0.2) is 0 Å². The molecule has 0 amide bonds. The summed E-state index contributed by atoms with van der Waals surface area (Å²) in [6, 6.07) is 10.4. The van der Waals surface area contributed by atoms with E-state index in [-0.39, 0.29) is 17.2 Å². The molecule has 0 saturated carbocycles. The van der Waals surface area contributed by atoms with Gasteiger partial charge in [-0.1, -0.05) is 51.1 Å². The predicted octanol–water partition coefficient (Wildman–Crippen LogP) is 2.80. The summed E-state index contributed by atoms with van der Waals surface area (Å²) >= 11 is 0. The molecule has 1 aromatic carbocycles. The van der Waals surface area contributed by atoms with Crippen LogP contribution in [0.25, 0.3) is 0 Å². The van der Waals surface area contributed by atoms with Crippen molar-refractivity contribution < 1.29 is 8.42 Å². The molecular weight excluding hydrogens is 258 g/mol. The smallest absolute Gasteiger partial charge is 0.148 e. The minimum atomic E-state index is -2.91. The lowest BCUT2D eigenvalue weighted by atomic mass is 9.85. The largest absolute Gasteiger partial charge is 0.309 e. The molecule has 1 aromatic rings. The molecule has 3 nitrogen and oxygen atoms in total. The Morgan fingerprint density at radius 1 is 1.16 bits per heavy atom. The molecule has 0 heterocycles. The second-order valence-electron chi connectivity index (χ2n) is 6.31. The number of hydrogen-bond donors (Lipinski definition) is 1. The highest BCUT2D eigenvalue weighted by molar-refractivity contribution is 7.90. The Kier molecular flexibility index (Phi) is 5.56. The first-order chi connectivity index (χ1) is 8.67. The van der Waals surface area contributed by atoms with Gasteiger partial charge in [0.2, 0.25) is 0 Å². The minimum Gasteiger partial charge on any atom is -0.309 e. The van der Waals surface area contributed by atoms with E-state index in [4.69, 9.17) is 0 Å². The van der Waals surface area contributed by atoms with Crippen molar-refractivity contribution in [2.24, 2.45) is 5.41 Å². The number of hydrogen-bond acceptors (Lipinski definition) is 3. The molecule has 0 bridgehead atoms. The molecule has 19 heavy (non-hydrogen) atoms. The van der Waals surface area contributed by atoms with Gasteiger partial charge in [-0.25, -0.2) is 8.42 Å². The molecule has 0 aliphatic heterocycles. The Morgan fingerprint density at radius 2 is 1.74 bits per heavy atom. The molecule has 0 fully saturated rings. The predicted molar refractivity (Wildman–Crippen MR) is 81.0 cm³/mol. The molecule has 0 aromatic heterocycles. The van der Waals surface area contributed by atoms with Crippen LogP contribution in [0.2, 0.25) is 0 Å². The lowest BCUT2D eigenvalue weighted by molar-refractivity contribution is 0.314. The van der Waals surface area contributed by atoms with Gasteiger partial charge in [0.1, 0.15) is 9.84 Å². The highest BCUT2D eigenvalue weighted by Gasteiger charge is 2.20. The number of rotatable bonds is 6. The van der Waals surface area contributed by atoms with E-state index in [1.807, 2.05) is 18.2 Å². The van der Waals surface area contributed by atoms with Gasteiger partial charge in [0.25, 0.3) is 0 Å². The maximum atomic E-state index is 11.2. The molecule has 0 aliphatic carbocycles. The van der Waals surface area contributed by atoms with Gasteiger partial charge >= 0.3 is 0 Å². The van der Waals surface area contributed by atoms with Gasteiger partial charge in [0.05, 0.1) is 5.75 Å². The fourth-order valence-corrected chi connectivity index (χ4v) is 2.51. The van der Waals surface area contributed by atoms with Crippen molar-refractivity contribution in [1.29, 1.82) is 0 Å². The van der Waals surface area contributed by atoms with Crippen LogP contribution in [0.4, 0.5) is 0 Å². The van der Waals surface area contributed by atoms with Crippen molar-refractivity contribution in [3.63, 3.8) is 0 Å². The van der Waals surface area contributed by atoms with Crippen molar-refractivity contribution in [2.45, 2.75) is 33.2 Å². The topological polar surface area (TPSA) is 46.2 Å². The van der Waals surface area contributed by atoms with Crippen LogP contribution in [0, 0.1) is 5.41 Å². The van der Waals surface area contributed by atoms with Crippen LogP contribution in [-0.2, 0) is 9.84 Å². The third kappa shape index (κ3) is 7.33. The van der Waals surface area contributed by atoms with Gasteiger partial charge in [-0.2, -0.15) is 0 Å². The van der Waals surface area contributed by atoms with Crippen LogP contribution in [-0.4, -0.2) is 27.0 Å². The third-order valence-electron chi connectivity index (χ3n) is 2.88. The maximum Gasteiger partial charge on any atom is 0.148 e. The molecular formula is C15H25NO2S. The van der Waals surface area contributed by atoms with E-state index >= 15 is 0 Å². The van der Waals surface area contributed by atoms with E-state index in [1.54, 1.807) is 0 Å². The third-order valence-corrected chi connectivity index (χ3v) is 3.83. The van der Waals surface area contributed by atoms with Crippen LogP contribution in [0.5, 0.6) is 0 Å². The van der Waals surface area contributed by atoms with Crippen molar-refractivity contribution in [3.8, 4) is 0 Å². The average molecular weight is 283 g/mol. The first-order valence-electron chi connectivity index (χ1n) is 6.63. The van der Waals surface area contributed by atoms with Gasteiger partial charge in [-0.05, 0) is 17.4 Å². The number of nitrogens with one attached hydrogen (secondary N) is 1. The highest BCUT2D eigenvalue weighted by Crippen LogP contribution is 2.29. The molecule has 108 valence electrons. The molecule has 0 saturated heterocycles. The average Bonchev–Trinajstić information content (AvgIpc) is 2.25.